The molecule has 0 saturated carbocycles. The number of anilines is 1. The maximum absolute atomic E-state index is 8.94. The molecule has 1 aromatic carbocycles. The van der Waals surface area contributed by atoms with Crippen LogP contribution in [0.1, 0.15) is 0 Å². The van der Waals surface area contributed by atoms with Crippen LogP contribution in [-0.4, -0.2) is 10.2 Å². The molecule has 0 unspecified atom stereocenters. The minimum atomic E-state index is 0.170. The molecule has 0 heterocycles. The molecule has 4 nitrogen and oxygen atoms in total. The molecule has 1 aromatic rings. The van der Waals surface area contributed by atoms with E-state index >= 15 is 0 Å². The Morgan fingerprint density at radius 1 is 1.33 bits per heavy atom. The number of hydrogen-bond donors (Lipinski definition) is 4. The number of hydrogen-bond acceptors (Lipinski definition) is 3. The lowest BCUT2D eigenvalue weighted by Crippen LogP contribution is -2.33. The summed E-state index contributed by atoms with van der Waals surface area (Å²) in [6.07, 6.45) is 0. The van der Waals surface area contributed by atoms with Crippen LogP contribution in [0.4, 0.5) is 5.69 Å². The van der Waals surface area contributed by atoms with E-state index in [9.17, 15) is 0 Å². The Morgan fingerprint density at radius 2 is 1.92 bits per heavy atom. The van der Waals surface area contributed by atoms with Crippen molar-refractivity contribution in [1.82, 2.24) is 5.43 Å². The summed E-state index contributed by atoms with van der Waals surface area (Å²) in [5, 5.41) is 9.10. The van der Waals surface area contributed by atoms with E-state index in [1.54, 1.807) is 24.3 Å². The molecule has 0 aromatic heterocycles. The number of phenols is 1. The lowest BCUT2D eigenvalue weighted by Gasteiger charge is -2.06. The van der Waals surface area contributed by atoms with Gasteiger partial charge in [0.1, 0.15) is 5.75 Å². The summed E-state index contributed by atoms with van der Waals surface area (Å²) in [6.45, 7) is 0. The van der Waals surface area contributed by atoms with Crippen molar-refractivity contribution in [2.45, 2.75) is 0 Å². The van der Waals surface area contributed by atoms with Gasteiger partial charge < -0.3 is 10.8 Å². The van der Waals surface area contributed by atoms with Crippen LogP contribution in [0, 0.1) is 0 Å². The average Bonchev–Trinajstić information content (AvgIpc) is 2.03. The predicted molar refractivity (Wildman–Crippen MR) is 51.7 cm³/mol. The summed E-state index contributed by atoms with van der Waals surface area (Å²) < 4.78 is 0. The molecule has 0 atom stereocenters. The third-order valence-electron chi connectivity index (χ3n) is 1.20. The minimum absolute atomic E-state index is 0.170. The highest BCUT2D eigenvalue weighted by molar-refractivity contribution is 7.80. The molecule has 0 aliphatic heterocycles. The molecule has 0 aliphatic carbocycles. The Morgan fingerprint density at radius 3 is 2.42 bits per heavy atom. The topological polar surface area (TPSA) is 70.3 Å². The summed E-state index contributed by atoms with van der Waals surface area (Å²) in [5.74, 6) is 0.218. The lowest BCUT2D eigenvalue weighted by atomic mass is 10.3. The van der Waals surface area contributed by atoms with Gasteiger partial charge in [0, 0.05) is 0 Å². The van der Waals surface area contributed by atoms with Crippen LogP contribution in [0.15, 0.2) is 24.3 Å². The second-order valence-electron chi connectivity index (χ2n) is 2.16. The molecule has 5 N–H and O–H groups in total. The molecule has 1 rings (SSSR count). The highest BCUT2D eigenvalue weighted by atomic mass is 32.1. The van der Waals surface area contributed by atoms with Crippen LogP contribution in [-0.2, 0) is 0 Å². The van der Waals surface area contributed by atoms with Gasteiger partial charge >= 0.3 is 0 Å². The molecule has 0 radical (unpaired) electrons. The molecule has 0 bridgehead atoms. The zero-order valence-electron chi connectivity index (χ0n) is 6.24. The number of nitrogens with two attached hydrogens (primary N) is 1. The zero-order valence-corrected chi connectivity index (χ0v) is 7.06. The predicted octanol–water partition coefficient (Wildman–Crippen LogP) is 0.552. The van der Waals surface area contributed by atoms with Gasteiger partial charge in [-0.15, -0.1) is 0 Å². The Kier molecular flexibility index (Phi) is 2.71. The van der Waals surface area contributed by atoms with E-state index in [2.05, 4.69) is 23.1 Å². The van der Waals surface area contributed by atoms with Gasteiger partial charge in [-0.25, -0.2) is 0 Å². The van der Waals surface area contributed by atoms with Gasteiger partial charge in [-0.1, -0.05) is 0 Å². The van der Waals surface area contributed by atoms with Crippen molar-refractivity contribution in [3.8, 4) is 5.75 Å². The lowest BCUT2D eigenvalue weighted by molar-refractivity contribution is 0.475. The van der Waals surface area contributed by atoms with Gasteiger partial charge in [0.2, 0.25) is 0 Å². The first kappa shape index (κ1) is 8.61. The summed E-state index contributed by atoms with van der Waals surface area (Å²) in [5.41, 5.74) is 11.3. The molecule has 0 fully saturated rings. The second-order valence-corrected chi connectivity index (χ2v) is 2.60. The molecular weight excluding hydrogens is 174 g/mol. The Hall–Kier alpha value is -1.49. The molecular formula is C7H9N3OS. The molecule has 0 aliphatic rings. The SMILES string of the molecule is NC(=S)NNc1ccc(O)cc1. The summed E-state index contributed by atoms with van der Waals surface area (Å²) in [7, 11) is 0. The summed E-state index contributed by atoms with van der Waals surface area (Å²) in [4.78, 5) is 0. The largest absolute Gasteiger partial charge is 0.508 e. The number of benzene rings is 1. The van der Waals surface area contributed by atoms with Crippen LogP contribution in [0.2, 0.25) is 0 Å². The van der Waals surface area contributed by atoms with E-state index in [0.29, 0.717) is 0 Å². The normalized spacial score (nSPS) is 9.00. The van der Waals surface area contributed by atoms with Crippen LogP contribution in [0.5, 0.6) is 5.75 Å². The minimum Gasteiger partial charge on any atom is -0.508 e. The van der Waals surface area contributed by atoms with Crippen molar-refractivity contribution < 1.29 is 5.11 Å². The first-order valence-electron chi connectivity index (χ1n) is 3.29. The van der Waals surface area contributed by atoms with E-state index in [1.165, 1.54) is 0 Å². The van der Waals surface area contributed by atoms with Crippen LogP contribution >= 0.6 is 12.2 Å². The highest BCUT2D eigenvalue weighted by Crippen LogP contribution is 2.12. The standard InChI is InChI=1S/C7H9N3OS/c8-7(12)10-9-5-1-3-6(11)4-2-5/h1-4,9,11H,(H3,8,10,12). The number of hydrazine groups is 1. The third-order valence-corrected chi connectivity index (χ3v) is 1.30. The van der Waals surface area contributed by atoms with E-state index in [-0.39, 0.29) is 10.9 Å². The number of phenolic OH excluding ortho intramolecular Hbond substituents is 1. The Balaban J connectivity index is 2.53. The zero-order chi connectivity index (χ0) is 8.97. The van der Waals surface area contributed by atoms with Crippen LogP contribution < -0.4 is 16.6 Å². The molecule has 0 spiro atoms. The first-order valence-corrected chi connectivity index (χ1v) is 3.70. The highest BCUT2D eigenvalue weighted by Gasteiger charge is 1.90. The molecule has 0 amide bonds. The Bertz CT molecular complexity index is 272. The Labute approximate surface area is 75.4 Å². The number of rotatable bonds is 2. The second kappa shape index (κ2) is 3.77. The van der Waals surface area contributed by atoms with Crippen molar-refractivity contribution in [3.05, 3.63) is 24.3 Å². The molecule has 12 heavy (non-hydrogen) atoms. The molecule has 5 heteroatoms. The van der Waals surface area contributed by atoms with Gasteiger partial charge in [0.25, 0.3) is 0 Å². The van der Waals surface area contributed by atoms with Crippen molar-refractivity contribution in [2.24, 2.45) is 5.73 Å². The fourth-order valence-corrected chi connectivity index (χ4v) is 0.730. The summed E-state index contributed by atoms with van der Waals surface area (Å²) >= 11 is 4.58. The monoisotopic (exact) mass is 183 g/mol. The van der Waals surface area contributed by atoms with Crippen LogP contribution in [0.25, 0.3) is 0 Å². The van der Waals surface area contributed by atoms with E-state index < -0.39 is 0 Å². The fourth-order valence-electron chi connectivity index (χ4n) is 0.679. The molecule has 0 saturated heterocycles. The van der Waals surface area contributed by atoms with Crippen molar-refractivity contribution in [2.75, 3.05) is 5.43 Å². The molecule has 64 valence electrons. The van der Waals surface area contributed by atoms with Gasteiger partial charge in [0.15, 0.2) is 5.11 Å². The van der Waals surface area contributed by atoms with E-state index in [4.69, 9.17) is 10.8 Å². The third kappa shape index (κ3) is 2.63. The van der Waals surface area contributed by atoms with Crippen molar-refractivity contribution >= 4 is 23.0 Å². The fraction of sp³-hybridized carbons (Fsp3) is 0. The van der Waals surface area contributed by atoms with Crippen LogP contribution in [0.3, 0.4) is 0 Å². The first-order chi connectivity index (χ1) is 5.68. The maximum atomic E-state index is 8.94. The maximum Gasteiger partial charge on any atom is 0.182 e. The quantitative estimate of drug-likeness (QED) is 0.306. The number of thiocarbonyl (C=S) groups is 1. The summed E-state index contributed by atoms with van der Waals surface area (Å²) in [6, 6.07) is 6.51. The van der Waals surface area contributed by atoms with Crippen molar-refractivity contribution in [3.63, 3.8) is 0 Å². The number of nitrogens with one attached hydrogen (secondary N) is 2. The smallest absolute Gasteiger partial charge is 0.182 e. The van der Waals surface area contributed by atoms with Gasteiger partial charge in [-0.3, -0.25) is 10.9 Å². The van der Waals surface area contributed by atoms with E-state index in [1.807, 2.05) is 0 Å². The average molecular weight is 183 g/mol. The van der Waals surface area contributed by atoms with Crippen molar-refractivity contribution in [1.29, 1.82) is 0 Å². The van der Waals surface area contributed by atoms with E-state index in [0.717, 1.165) is 5.69 Å². The van der Waals surface area contributed by atoms with Gasteiger partial charge in [-0.2, -0.15) is 0 Å². The van der Waals surface area contributed by atoms with Gasteiger partial charge in [0.05, 0.1) is 5.69 Å². The number of aromatic hydroxyl groups is 1. The van der Waals surface area contributed by atoms with Gasteiger partial charge in [-0.05, 0) is 36.5 Å².